The van der Waals surface area contributed by atoms with Crippen LogP contribution in [0.2, 0.25) is 5.15 Å². The molecular formula is C14H13ClN6. The van der Waals surface area contributed by atoms with Crippen molar-refractivity contribution in [3.8, 4) is 5.69 Å². The molecule has 0 radical (unpaired) electrons. The Hall–Kier alpha value is -2.60. The molecule has 3 aromatic rings. The largest absolute Gasteiger partial charge is 0.368 e. The maximum absolute atomic E-state index is 5.83. The van der Waals surface area contributed by atoms with Crippen molar-refractivity contribution in [2.24, 2.45) is 0 Å². The molecule has 0 atom stereocenters. The molecule has 2 aromatic heterocycles. The van der Waals surface area contributed by atoms with Gasteiger partial charge in [-0.25, -0.2) is 9.67 Å². The molecule has 0 aliphatic heterocycles. The molecule has 0 saturated heterocycles. The Kier molecular flexibility index (Phi) is 3.70. The van der Waals surface area contributed by atoms with E-state index in [4.69, 9.17) is 17.3 Å². The van der Waals surface area contributed by atoms with Gasteiger partial charge in [0.2, 0.25) is 5.95 Å². The summed E-state index contributed by atoms with van der Waals surface area (Å²) in [6.07, 6.45) is 3.75. The summed E-state index contributed by atoms with van der Waals surface area (Å²) in [6, 6.07) is 11.5. The van der Waals surface area contributed by atoms with Gasteiger partial charge in [-0.3, -0.25) is 0 Å². The van der Waals surface area contributed by atoms with E-state index < -0.39 is 0 Å². The SMILES string of the molecule is Nc1nc(Cl)cc(NCc2cnn(-c3ccccc3)c2)n1. The van der Waals surface area contributed by atoms with E-state index in [1.165, 1.54) is 0 Å². The van der Waals surface area contributed by atoms with Gasteiger partial charge in [0, 0.05) is 24.4 Å². The van der Waals surface area contributed by atoms with E-state index in [0.717, 1.165) is 11.3 Å². The molecule has 0 saturated carbocycles. The van der Waals surface area contributed by atoms with Crippen LogP contribution in [0.5, 0.6) is 0 Å². The molecule has 0 spiro atoms. The molecular weight excluding hydrogens is 288 g/mol. The minimum Gasteiger partial charge on any atom is -0.368 e. The lowest BCUT2D eigenvalue weighted by atomic mass is 10.3. The minimum absolute atomic E-state index is 0.144. The van der Waals surface area contributed by atoms with Crippen LogP contribution in [0, 0.1) is 0 Å². The molecule has 0 amide bonds. The van der Waals surface area contributed by atoms with Crippen LogP contribution in [0.15, 0.2) is 48.8 Å². The molecule has 1 aromatic carbocycles. The molecule has 0 unspecified atom stereocenters. The zero-order valence-electron chi connectivity index (χ0n) is 11.1. The highest BCUT2D eigenvalue weighted by molar-refractivity contribution is 6.29. The number of nitrogens with one attached hydrogen (secondary N) is 1. The van der Waals surface area contributed by atoms with Gasteiger partial charge in [-0.1, -0.05) is 29.8 Å². The summed E-state index contributed by atoms with van der Waals surface area (Å²) in [7, 11) is 0. The zero-order chi connectivity index (χ0) is 14.7. The second-order valence-corrected chi connectivity index (χ2v) is 4.80. The molecule has 7 heteroatoms. The Morgan fingerprint density at radius 1 is 1.19 bits per heavy atom. The summed E-state index contributed by atoms with van der Waals surface area (Å²) in [5, 5.41) is 7.78. The maximum atomic E-state index is 5.83. The lowest BCUT2D eigenvalue weighted by Gasteiger charge is -2.04. The van der Waals surface area contributed by atoms with E-state index >= 15 is 0 Å². The lowest BCUT2D eigenvalue weighted by Crippen LogP contribution is -2.04. The van der Waals surface area contributed by atoms with Gasteiger partial charge in [0.15, 0.2) is 0 Å². The van der Waals surface area contributed by atoms with Crippen LogP contribution in [0.1, 0.15) is 5.56 Å². The average Bonchev–Trinajstić information content (AvgIpc) is 2.94. The predicted molar refractivity (Wildman–Crippen MR) is 82.3 cm³/mol. The van der Waals surface area contributed by atoms with Crippen LogP contribution >= 0.6 is 11.6 Å². The number of hydrogen-bond acceptors (Lipinski definition) is 5. The zero-order valence-corrected chi connectivity index (χ0v) is 11.8. The van der Waals surface area contributed by atoms with Crippen molar-refractivity contribution in [1.29, 1.82) is 0 Å². The first-order chi connectivity index (χ1) is 10.2. The van der Waals surface area contributed by atoms with Gasteiger partial charge in [0.25, 0.3) is 0 Å². The number of rotatable bonds is 4. The highest BCUT2D eigenvalue weighted by atomic mass is 35.5. The van der Waals surface area contributed by atoms with Crippen LogP contribution in [-0.2, 0) is 6.54 Å². The van der Waals surface area contributed by atoms with Gasteiger partial charge in [0.1, 0.15) is 11.0 Å². The summed E-state index contributed by atoms with van der Waals surface area (Å²) in [5.41, 5.74) is 7.58. The predicted octanol–water partition coefficient (Wildman–Crippen LogP) is 2.51. The lowest BCUT2D eigenvalue weighted by molar-refractivity contribution is 0.880. The monoisotopic (exact) mass is 300 g/mol. The molecule has 6 nitrogen and oxygen atoms in total. The van der Waals surface area contributed by atoms with Crippen molar-refractivity contribution in [2.45, 2.75) is 6.54 Å². The standard InChI is InChI=1S/C14H13ClN6/c15-12-6-13(20-14(16)19-12)17-7-10-8-18-21(9-10)11-4-2-1-3-5-11/h1-6,8-9H,7H2,(H3,16,17,19,20). The minimum atomic E-state index is 0.144. The van der Waals surface area contributed by atoms with Crippen LogP contribution in [-0.4, -0.2) is 19.7 Å². The smallest absolute Gasteiger partial charge is 0.223 e. The molecule has 0 aliphatic carbocycles. The van der Waals surface area contributed by atoms with Gasteiger partial charge in [-0.2, -0.15) is 10.1 Å². The first kappa shape index (κ1) is 13.4. The number of nitrogen functional groups attached to an aromatic ring is 1. The van der Waals surface area contributed by atoms with Gasteiger partial charge < -0.3 is 11.1 Å². The molecule has 106 valence electrons. The number of halogens is 1. The van der Waals surface area contributed by atoms with Crippen LogP contribution < -0.4 is 11.1 Å². The van der Waals surface area contributed by atoms with E-state index in [1.54, 1.807) is 12.3 Å². The molecule has 0 bridgehead atoms. The van der Waals surface area contributed by atoms with Gasteiger partial charge in [-0.15, -0.1) is 0 Å². The van der Waals surface area contributed by atoms with Crippen molar-refractivity contribution < 1.29 is 0 Å². The summed E-state index contributed by atoms with van der Waals surface area (Å²) in [5.74, 6) is 0.727. The Bertz CT molecular complexity index is 720. The number of para-hydroxylation sites is 1. The van der Waals surface area contributed by atoms with Crippen molar-refractivity contribution >= 4 is 23.4 Å². The fourth-order valence-electron chi connectivity index (χ4n) is 1.89. The third-order valence-corrected chi connectivity index (χ3v) is 3.04. The summed E-state index contributed by atoms with van der Waals surface area (Å²) < 4.78 is 1.82. The molecule has 21 heavy (non-hydrogen) atoms. The molecule has 0 aliphatic rings. The first-order valence-electron chi connectivity index (χ1n) is 6.33. The average molecular weight is 301 g/mol. The first-order valence-corrected chi connectivity index (χ1v) is 6.71. The molecule has 2 heterocycles. The second-order valence-electron chi connectivity index (χ2n) is 4.42. The van der Waals surface area contributed by atoms with E-state index in [0.29, 0.717) is 17.5 Å². The van der Waals surface area contributed by atoms with E-state index in [-0.39, 0.29) is 5.95 Å². The second kappa shape index (κ2) is 5.80. The number of hydrogen-bond donors (Lipinski definition) is 2. The molecule has 3 N–H and O–H groups in total. The van der Waals surface area contributed by atoms with Crippen molar-refractivity contribution in [1.82, 2.24) is 19.7 Å². The number of nitrogens with zero attached hydrogens (tertiary/aromatic N) is 4. The summed E-state index contributed by atoms with van der Waals surface area (Å²) in [4.78, 5) is 7.87. The van der Waals surface area contributed by atoms with E-state index in [2.05, 4.69) is 20.4 Å². The van der Waals surface area contributed by atoms with Crippen LogP contribution in [0.25, 0.3) is 5.69 Å². The van der Waals surface area contributed by atoms with Gasteiger partial charge in [0.05, 0.1) is 11.9 Å². The normalized spacial score (nSPS) is 10.5. The van der Waals surface area contributed by atoms with Gasteiger partial charge >= 0.3 is 0 Å². The highest BCUT2D eigenvalue weighted by Gasteiger charge is 2.03. The van der Waals surface area contributed by atoms with E-state index in [1.807, 2.05) is 41.2 Å². The topological polar surface area (TPSA) is 81.6 Å². The van der Waals surface area contributed by atoms with E-state index in [9.17, 15) is 0 Å². The Morgan fingerprint density at radius 3 is 2.76 bits per heavy atom. The van der Waals surface area contributed by atoms with Crippen LogP contribution in [0.4, 0.5) is 11.8 Å². The summed E-state index contributed by atoms with van der Waals surface area (Å²) in [6.45, 7) is 0.569. The van der Waals surface area contributed by atoms with Gasteiger partial charge in [-0.05, 0) is 12.1 Å². The van der Waals surface area contributed by atoms with Crippen molar-refractivity contribution in [3.63, 3.8) is 0 Å². The Balaban J connectivity index is 1.70. The Morgan fingerprint density at radius 2 is 2.00 bits per heavy atom. The fraction of sp³-hybridized carbons (Fsp3) is 0.0714. The number of anilines is 2. The van der Waals surface area contributed by atoms with Crippen molar-refractivity contribution in [3.05, 3.63) is 59.5 Å². The van der Waals surface area contributed by atoms with Crippen molar-refractivity contribution in [2.75, 3.05) is 11.1 Å². The fourth-order valence-corrected chi connectivity index (χ4v) is 2.08. The third-order valence-electron chi connectivity index (χ3n) is 2.84. The quantitative estimate of drug-likeness (QED) is 0.724. The third kappa shape index (κ3) is 3.29. The molecule has 0 fully saturated rings. The highest BCUT2D eigenvalue weighted by Crippen LogP contribution is 2.14. The number of benzene rings is 1. The Labute approximate surface area is 126 Å². The summed E-state index contributed by atoms with van der Waals surface area (Å²) >= 11 is 5.83. The molecule has 3 rings (SSSR count). The number of nitrogens with two attached hydrogens (primary N) is 1. The maximum Gasteiger partial charge on any atom is 0.223 e. The van der Waals surface area contributed by atoms with Crippen LogP contribution in [0.3, 0.4) is 0 Å². The number of aromatic nitrogens is 4.